The summed E-state index contributed by atoms with van der Waals surface area (Å²) in [7, 11) is 1.60. The summed E-state index contributed by atoms with van der Waals surface area (Å²) in [5.41, 5.74) is 6.60. The molecule has 0 aliphatic heterocycles. The molecule has 3 aromatic carbocycles. The molecule has 0 saturated heterocycles. The largest absolute Gasteiger partial charge is 0.493 e. The first-order valence-corrected chi connectivity index (χ1v) is 14.5. The summed E-state index contributed by atoms with van der Waals surface area (Å²) in [6.45, 7) is 2.81. The fraction of sp³-hybridized carbons (Fsp3) is 0.233. The van der Waals surface area contributed by atoms with Gasteiger partial charge in [0.05, 0.1) is 30.1 Å². The Kier molecular flexibility index (Phi) is 10.5. The molecule has 0 bridgehead atoms. The first-order valence-electron chi connectivity index (χ1n) is 12.8. The maximum atomic E-state index is 12.6. The van der Waals surface area contributed by atoms with E-state index in [1.54, 1.807) is 25.5 Å². The van der Waals surface area contributed by atoms with Crippen LogP contribution in [0.4, 0.5) is 10.8 Å². The van der Waals surface area contributed by atoms with Crippen molar-refractivity contribution in [3.63, 3.8) is 0 Å². The van der Waals surface area contributed by atoms with E-state index in [0.29, 0.717) is 23.7 Å². The van der Waals surface area contributed by atoms with Gasteiger partial charge in [-0.1, -0.05) is 56.5 Å². The highest BCUT2D eigenvalue weighted by molar-refractivity contribution is 9.10. The van der Waals surface area contributed by atoms with Crippen molar-refractivity contribution in [1.29, 1.82) is 0 Å². The lowest BCUT2D eigenvalue weighted by Gasteiger charge is -2.13. The SMILES string of the molecule is CCCCCCOc1c(Br)cc(/C=N/NC(=O)c2ccc(-c3csc(Nc4ccccc4)n3)cc2)cc1OC. The van der Waals surface area contributed by atoms with E-state index in [2.05, 4.69) is 43.7 Å². The van der Waals surface area contributed by atoms with E-state index in [4.69, 9.17) is 9.47 Å². The van der Waals surface area contributed by atoms with Gasteiger partial charge in [0, 0.05) is 22.2 Å². The molecule has 0 radical (unpaired) electrons. The van der Waals surface area contributed by atoms with E-state index in [1.165, 1.54) is 24.2 Å². The number of methoxy groups -OCH3 is 1. The van der Waals surface area contributed by atoms with Crippen LogP contribution < -0.4 is 20.2 Å². The standard InChI is InChI=1S/C30H31BrN4O3S/c1-3-4-5-9-16-38-28-25(31)17-21(18-27(28)37-2)19-32-35-29(36)23-14-12-22(13-15-23)26-20-39-30(34-26)33-24-10-7-6-8-11-24/h6-8,10-15,17-20H,3-5,9,16H2,1-2H3,(H,33,34)(H,35,36)/b32-19+. The number of amides is 1. The number of halogens is 1. The Hall–Kier alpha value is -3.69. The Morgan fingerprint density at radius 2 is 1.87 bits per heavy atom. The molecule has 4 aromatic rings. The number of benzene rings is 3. The molecule has 0 spiro atoms. The smallest absolute Gasteiger partial charge is 0.271 e. The Bertz CT molecular complexity index is 1390. The van der Waals surface area contributed by atoms with E-state index < -0.39 is 0 Å². The van der Waals surface area contributed by atoms with Crippen LogP contribution >= 0.6 is 27.3 Å². The third-order valence-corrected chi connectivity index (χ3v) is 7.19. The van der Waals surface area contributed by atoms with Gasteiger partial charge in [0.25, 0.3) is 5.91 Å². The topological polar surface area (TPSA) is 84.8 Å². The van der Waals surface area contributed by atoms with Gasteiger partial charge in [-0.2, -0.15) is 5.10 Å². The molecule has 1 aromatic heterocycles. The number of anilines is 2. The molecule has 0 saturated carbocycles. The summed E-state index contributed by atoms with van der Waals surface area (Å²) >= 11 is 5.09. The zero-order valence-electron chi connectivity index (χ0n) is 21.9. The molecule has 2 N–H and O–H groups in total. The molecule has 39 heavy (non-hydrogen) atoms. The summed E-state index contributed by atoms with van der Waals surface area (Å²) in [6.07, 6.45) is 6.09. The van der Waals surface area contributed by atoms with Gasteiger partial charge in [0.2, 0.25) is 0 Å². The van der Waals surface area contributed by atoms with Crippen LogP contribution in [0.2, 0.25) is 0 Å². The van der Waals surface area contributed by atoms with Gasteiger partial charge in [-0.05, 0) is 64.3 Å². The number of para-hydroxylation sites is 1. The van der Waals surface area contributed by atoms with Crippen LogP contribution in [-0.2, 0) is 0 Å². The monoisotopic (exact) mass is 606 g/mol. The summed E-state index contributed by atoms with van der Waals surface area (Å²) in [4.78, 5) is 17.3. The van der Waals surface area contributed by atoms with E-state index in [9.17, 15) is 4.79 Å². The number of hydrogen-bond acceptors (Lipinski definition) is 7. The van der Waals surface area contributed by atoms with Crippen LogP contribution in [0.25, 0.3) is 11.3 Å². The fourth-order valence-electron chi connectivity index (χ4n) is 3.79. The second-order valence-electron chi connectivity index (χ2n) is 8.75. The Labute approximate surface area is 241 Å². The van der Waals surface area contributed by atoms with Crippen LogP contribution in [0.5, 0.6) is 11.5 Å². The molecule has 1 heterocycles. The molecule has 1 amide bonds. The molecule has 0 unspecified atom stereocenters. The minimum Gasteiger partial charge on any atom is -0.493 e. The number of carbonyl (C=O) groups excluding carboxylic acids is 1. The zero-order chi connectivity index (χ0) is 27.5. The molecule has 0 aliphatic rings. The van der Waals surface area contributed by atoms with Gasteiger partial charge >= 0.3 is 0 Å². The highest BCUT2D eigenvalue weighted by Gasteiger charge is 2.12. The number of hydrazone groups is 1. The minimum absolute atomic E-state index is 0.305. The third kappa shape index (κ3) is 8.15. The predicted molar refractivity (Wildman–Crippen MR) is 163 cm³/mol. The highest BCUT2D eigenvalue weighted by atomic mass is 79.9. The van der Waals surface area contributed by atoms with E-state index in [1.807, 2.05) is 60.0 Å². The van der Waals surface area contributed by atoms with E-state index in [-0.39, 0.29) is 5.91 Å². The van der Waals surface area contributed by atoms with Gasteiger partial charge in [0.15, 0.2) is 16.6 Å². The average molecular weight is 608 g/mol. The number of hydrogen-bond donors (Lipinski definition) is 2. The normalized spacial score (nSPS) is 10.9. The number of aromatic nitrogens is 1. The fourth-order valence-corrected chi connectivity index (χ4v) is 5.10. The summed E-state index contributed by atoms with van der Waals surface area (Å²) in [5.74, 6) is 0.964. The summed E-state index contributed by atoms with van der Waals surface area (Å²) in [5, 5.41) is 10.2. The lowest BCUT2D eigenvalue weighted by Crippen LogP contribution is -2.17. The number of nitrogens with zero attached hydrogens (tertiary/aromatic N) is 2. The van der Waals surface area contributed by atoms with Crippen molar-refractivity contribution in [2.24, 2.45) is 5.10 Å². The Balaban J connectivity index is 1.33. The summed E-state index contributed by atoms with van der Waals surface area (Å²) in [6, 6.07) is 20.9. The second-order valence-corrected chi connectivity index (χ2v) is 10.5. The molecule has 9 heteroatoms. The number of thiazole rings is 1. The lowest BCUT2D eigenvalue weighted by atomic mass is 10.1. The molecular formula is C30H31BrN4O3S. The molecule has 0 fully saturated rings. The maximum absolute atomic E-state index is 12.6. The number of carbonyl (C=O) groups is 1. The quantitative estimate of drug-likeness (QED) is 0.0913. The predicted octanol–water partition coefficient (Wildman–Crippen LogP) is 8.05. The molecular weight excluding hydrogens is 576 g/mol. The van der Waals surface area contributed by atoms with E-state index >= 15 is 0 Å². The van der Waals surface area contributed by atoms with Crippen LogP contribution in [-0.4, -0.2) is 30.8 Å². The third-order valence-electron chi connectivity index (χ3n) is 5.85. The van der Waals surface area contributed by atoms with Crippen LogP contribution in [0.15, 0.2) is 81.7 Å². The van der Waals surface area contributed by atoms with Crippen LogP contribution in [0.1, 0.15) is 48.5 Å². The molecule has 0 aliphatic carbocycles. The number of rotatable bonds is 13. The number of nitrogens with one attached hydrogen (secondary N) is 2. The first kappa shape index (κ1) is 28.3. The molecule has 7 nitrogen and oxygen atoms in total. The van der Waals surface area contributed by atoms with Gasteiger partial charge in [-0.25, -0.2) is 10.4 Å². The summed E-state index contributed by atoms with van der Waals surface area (Å²) < 4.78 is 12.2. The zero-order valence-corrected chi connectivity index (χ0v) is 24.3. The van der Waals surface area contributed by atoms with E-state index in [0.717, 1.165) is 45.0 Å². The van der Waals surface area contributed by atoms with Gasteiger partial charge in [-0.3, -0.25) is 4.79 Å². The van der Waals surface area contributed by atoms with Gasteiger partial charge in [0.1, 0.15) is 0 Å². The van der Waals surface area contributed by atoms with Crippen LogP contribution in [0, 0.1) is 0 Å². The van der Waals surface area contributed by atoms with Crippen molar-refractivity contribution < 1.29 is 14.3 Å². The van der Waals surface area contributed by atoms with Crippen molar-refractivity contribution in [3.05, 3.63) is 87.7 Å². The molecule has 202 valence electrons. The van der Waals surface area contributed by atoms with Crippen molar-refractivity contribution in [2.45, 2.75) is 32.6 Å². The maximum Gasteiger partial charge on any atom is 0.271 e. The second kappa shape index (κ2) is 14.5. The van der Waals surface area contributed by atoms with Crippen molar-refractivity contribution in [3.8, 4) is 22.8 Å². The minimum atomic E-state index is -0.305. The lowest BCUT2D eigenvalue weighted by molar-refractivity contribution is 0.0955. The Morgan fingerprint density at radius 3 is 2.62 bits per heavy atom. The first-order chi connectivity index (χ1) is 19.1. The molecule has 0 atom stereocenters. The molecule has 4 rings (SSSR count). The van der Waals surface area contributed by atoms with Crippen molar-refractivity contribution in [1.82, 2.24) is 10.4 Å². The van der Waals surface area contributed by atoms with Crippen LogP contribution in [0.3, 0.4) is 0 Å². The Morgan fingerprint density at radius 1 is 1.08 bits per heavy atom. The highest BCUT2D eigenvalue weighted by Crippen LogP contribution is 2.36. The number of unbranched alkanes of at least 4 members (excludes halogenated alkanes) is 3. The van der Waals surface area contributed by atoms with Crippen molar-refractivity contribution in [2.75, 3.05) is 19.0 Å². The number of ether oxygens (including phenoxy) is 2. The average Bonchev–Trinajstić information content (AvgIpc) is 3.42. The van der Waals surface area contributed by atoms with Crippen molar-refractivity contribution >= 4 is 50.2 Å². The van der Waals surface area contributed by atoms with Gasteiger partial charge < -0.3 is 14.8 Å². The van der Waals surface area contributed by atoms with Gasteiger partial charge in [-0.15, -0.1) is 11.3 Å².